The van der Waals surface area contributed by atoms with Crippen molar-refractivity contribution in [2.24, 2.45) is 5.73 Å². The van der Waals surface area contributed by atoms with E-state index >= 15 is 0 Å². The number of nitrogens with zero attached hydrogens (tertiary/aromatic N) is 1. The molecule has 1 aromatic heterocycles. The van der Waals surface area contributed by atoms with E-state index in [1.165, 1.54) is 12.1 Å². The van der Waals surface area contributed by atoms with Gasteiger partial charge < -0.3 is 15.6 Å². The molecule has 0 saturated carbocycles. The van der Waals surface area contributed by atoms with Crippen LogP contribution in [0.1, 0.15) is 32.1 Å². The van der Waals surface area contributed by atoms with Gasteiger partial charge in [0.05, 0.1) is 5.69 Å². The highest BCUT2D eigenvalue weighted by Gasteiger charge is 2.12. The van der Waals surface area contributed by atoms with Crippen molar-refractivity contribution in [3.8, 4) is 5.69 Å². The highest BCUT2D eigenvalue weighted by atomic mass is 19.1. The number of hydrogen-bond acceptors (Lipinski definition) is 2. The van der Waals surface area contributed by atoms with Crippen LogP contribution in [-0.4, -0.2) is 16.4 Å². The maximum atomic E-state index is 14.0. The van der Waals surface area contributed by atoms with E-state index < -0.39 is 17.6 Å². The van der Waals surface area contributed by atoms with Gasteiger partial charge in [0.25, 0.3) is 5.91 Å². The molecule has 0 unspecified atom stereocenters. The Kier molecular flexibility index (Phi) is 4.58. The van der Waals surface area contributed by atoms with Crippen molar-refractivity contribution in [3.63, 3.8) is 0 Å². The zero-order valence-electron chi connectivity index (χ0n) is 14.4. The van der Waals surface area contributed by atoms with E-state index in [1.807, 2.05) is 38.1 Å². The molecule has 0 bridgehead atoms. The number of primary amides is 1. The lowest BCUT2D eigenvalue weighted by Crippen LogP contribution is -2.15. The molecule has 3 rings (SSSR count). The summed E-state index contributed by atoms with van der Waals surface area (Å²) in [5.74, 6) is -1.89. The molecule has 1 heterocycles. The summed E-state index contributed by atoms with van der Waals surface area (Å²) < 4.78 is 16.1. The van der Waals surface area contributed by atoms with Gasteiger partial charge in [-0.25, -0.2) is 4.39 Å². The lowest BCUT2D eigenvalue weighted by molar-refractivity contribution is 0.0998. The lowest BCUT2D eigenvalue weighted by Gasteiger charge is -2.11. The normalized spacial score (nSPS) is 10.6. The van der Waals surface area contributed by atoms with Gasteiger partial charge in [0.15, 0.2) is 0 Å². The Morgan fingerprint density at radius 3 is 2.04 bits per heavy atom. The molecule has 2 aromatic carbocycles. The van der Waals surface area contributed by atoms with E-state index in [0.29, 0.717) is 5.56 Å². The van der Waals surface area contributed by atoms with Crippen molar-refractivity contribution >= 4 is 17.5 Å². The number of aryl methyl sites for hydroxylation is 2. The summed E-state index contributed by atoms with van der Waals surface area (Å²) in [7, 11) is 0. The Morgan fingerprint density at radius 1 is 0.923 bits per heavy atom. The SMILES string of the molecule is Cc1ccc(C)n1-c1ccc(C(=O)Nc2ccc(C(N)=O)cc2F)cc1. The van der Waals surface area contributed by atoms with Crippen LogP contribution in [0.15, 0.2) is 54.6 Å². The molecule has 132 valence electrons. The Labute approximate surface area is 150 Å². The predicted octanol–water partition coefficient (Wildman–Crippen LogP) is 3.58. The van der Waals surface area contributed by atoms with E-state index in [1.54, 1.807) is 12.1 Å². The minimum absolute atomic E-state index is 0.0128. The Hall–Kier alpha value is -3.41. The second-order valence-corrected chi connectivity index (χ2v) is 6.01. The second-order valence-electron chi connectivity index (χ2n) is 6.01. The fourth-order valence-corrected chi connectivity index (χ4v) is 2.80. The van der Waals surface area contributed by atoms with Gasteiger partial charge >= 0.3 is 0 Å². The molecule has 0 spiro atoms. The number of rotatable bonds is 4. The molecular formula is C20H18FN3O2. The first-order valence-electron chi connectivity index (χ1n) is 8.03. The minimum atomic E-state index is -0.729. The molecule has 0 saturated heterocycles. The molecule has 2 amide bonds. The van der Waals surface area contributed by atoms with Crippen LogP contribution in [0.4, 0.5) is 10.1 Å². The fraction of sp³-hybridized carbons (Fsp3) is 0.100. The Bertz CT molecular complexity index is 971. The number of anilines is 1. The van der Waals surface area contributed by atoms with Crippen LogP contribution in [-0.2, 0) is 0 Å². The van der Waals surface area contributed by atoms with Gasteiger partial charge in [-0.2, -0.15) is 0 Å². The van der Waals surface area contributed by atoms with Crippen molar-refractivity contribution in [1.29, 1.82) is 0 Å². The average molecular weight is 351 g/mol. The maximum Gasteiger partial charge on any atom is 0.255 e. The topological polar surface area (TPSA) is 77.1 Å². The van der Waals surface area contributed by atoms with Crippen molar-refractivity contribution in [3.05, 3.63) is 82.9 Å². The summed E-state index contributed by atoms with van der Waals surface area (Å²) in [4.78, 5) is 23.4. The largest absolute Gasteiger partial charge is 0.366 e. The molecule has 3 aromatic rings. The first-order valence-corrected chi connectivity index (χ1v) is 8.03. The molecule has 26 heavy (non-hydrogen) atoms. The van der Waals surface area contributed by atoms with E-state index in [0.717, 1.165) is 23.1 Å². The summed E-state index contributed by atoms with van der Waals surface area (Å²) in [5.41, 5.74) is 8.67. The Morgan fingerprint density at radius 2 is 1.50 bits per heavy atom. The van der Waals surface area contributed by atoms with Crippen LogP contribution < -0.4 is 11.1 Å². The third-order valence-corrected chi connectivity index (χ3v) is 4.16. The number of nitrogens with two attached hydrogens (primary N) is 1. The van der Waals surface area contributed by atoms with Crippen LogP contribution in [0.2, 0.25) is 0 Å². The molecule has 0 atom stereocenters. The lowest BCUT2D eigenvalue weighted by atomic mass is 10.1. The monoisotopic (exact) mass is 351 g/mol. The summed E-state index contributed by atoms with van der Waals surface area (Å²) in [6, 6.07) is 14.7. The average Bonchev–Trinajstić information content (AvgIpc) is 2.95. The second kappa shape index (κ2) is 6.84. The third kappa shape index (κ3) is 3.35. The number of carbonyl (C=O) groups is 2. The van der Waals surface area contributed by atoms with Crippen LogP contribution in [0.3, 0.4) is 0 Å². The Balaban J connectivity index is 1.80. The van der Waals surface area contributed by atoms with Gasteiger partial charge in [-0.15, -0.1) is 0 Å². The number of halogens is 1. The zero-order chi connectivity index (χ0) is 18.8. The molecule has 5 nitrogen and oxygen atoms in total. The van der Waals surface area contributed by atoms with E-state index in [4.69, 9.17) is 5.73 Å². The molecule has 3 N–H and O–H groups in total. The van der Waals surface area contributed by atoms with Crippen molar-refractivity contribution in [2.75, 3.05) is 5.32 Å². The van der Waals surface area contributed by atoms with Crippen LogP contribution >= 0.6 is 0 Å². The summed E-state index contributed by atoms with van der Waals surface area (Å²) >= 11 is 0. The number of benzene rings is 2. The first-order chi connectivity index (χ1) is 12.4. The highest BCUT2D eigenvalue weighted by molar-refractivity contribution is 6.04. The van der Waals surface area contributed by atoms with Crippen molar-refractivity contribution in [1.82, 2.24) is 4.57 Å². The molecular weight excluding hydrogens is 333 g/mol. The summed E-state index contributed by atoms with van der Waals surface area (Å²) in [6.45, 7) is 4.01. The number of aromatic nitrogens is 1. The fourth-order valence-electron chi connectivity index (χ4n) is 2.80. The number of carbonyl (C=O) groups excluding carboxylic acids is 2. The molecule has 0 fully saturated rings. The van der Waals surface area contributed by atoms with Crippen molar-refractivity contribution < 1.29 is 14.0 Å². The molecule has 6 heteroatoms. The van der Waals surface area contributed by atoms with Crippen LogP contribution in [0.5, 0.6) is 0 Å². The maximum absolute atomic E-state index is 14.0. The quantitative estimate of drug-likeness (QED) is 0.754. The number of amides is 2. The molecule has 0 radical (unpaired) electrons. The zero-order valence-corrected chi connectivity index (χ0v) is 14.4. The molecule has 0 aliphatic heterocycles. The smallest absolute Gasteiger partial charge is 0.255 e. The predicted molar refractivity (Wildman–Crippen MR) is 98.1 cm³/mol. The molecule has 0 aliphatic carbocycles. The van der Waals surface area contributed by atoms with Gasteiger partial charge in [-0.3, -0.25) is 9.59 Å². The van der Waals surface area contributed by atoms with Crippen LogP contribution in [0.25, 0.3) is 5.69 Å². The molecule has 0 aliphatic rings. The van der Waals surface area contributed by atoms with Gasteiger partial charge in [0.2, 0.25) is 5.91 Å². The standard InChI is InChI=1S/C20H18FN3O2/c1-12-3-4-13(2)24(12)16-8-5-14(6-9-16)20(26)23-18-10-7-15(19(22)25)11-17(18)21/h3-11H,1-2H3,(H2,22,25)(H,23,26). The van der Waals surface area contributed by atoms with Crippen molar-refractivity contribution in [2.45, 2.75) is 13.8 Å². The van der Waals surface area contributed by atoms with E-state index in [2.05, 4.69) is 9.88 Å². The van der Waals surface area contributed by atoms with Gasteiger partial charge in [0.1, 0.15) is 5.82 Å². The highest BCUT2D eigenvalue weighted by Crippen LogP contribution is 2.19. The minimum Gasteiger partial charge on any atom is -0.366 e. The van der Waals surface area contributed by atoms with Gasteiger partial charge in [-0.05, 0) is 68.4 Å². The number of hydrogen-bond donors (Lipinski definition) is 2. The van der Waals surface area contributed by atoms with Gasteiger partial charge in [0, 0.05) is 28.2 Å². The first kappa shape index (κ1) is 17.4. The summed E-state index contributed by atoms with van der Waals surface area (Å²) in [6.07, 6.45) is 0. The van der Waals surface area contributed by atoms with E-state index in [9.17, 15) is 14.0 Å². The van der Waals surface area contributed by atoms with Crippen LogP contribution in [0, 0.1) is 19.7 Å². The summed E-state index contributed by atoms with van der Waals surface area (Å²) in [5, 5.41) is 2.50. The van der Waals surface area contributed by atoms with Gasteiger partial charge in [-0.1, -0.05) is 0 Å². The number of nitrogens with one attached hydrogen (secondary N) is 1. The third-order valence-electron chi connectivity index (χ3n) is 4.16. The van der Waals surface area contributed by atoms with E-state index in [-0.39, 0.29) is 11.3 Å².